The van der Waals surface area contributed by atoms with E-state index in [1.807, 2.05) is 0 Å². The van der Waals surface area contributed by atoms with Gasteiger partial charge in [-0.3, -0.25) is 4.79 Å². The van der Waals surface area contributed by atoms with Crippen molar-refractivity contribution in [3.8, 4) is 0 Å². The molecule has 210 valence electrons. The van der Waals surface area contributed by atoms with Gasteiger partial charge >= 0.3 is 46.8 Å². The largest absolute Gasteiger partial charge is 0.393 e. The summed E-state index contributed by atoms with van der Waals surface area (Å²) in [4.78, 5) is 11.4. The van der Waals surface area contributed by atoms with Crippen LogP contribution in [0, 0.1) is 0 Å². The highest BCUT2D eigenvalue weighted by atomic mass is 35.5. The minimum absolute atomic E-state index is 0.148. The van der Waals surface area contributed by atoms with Crippen LogP contribution in [0.5, 0.6) is 0 Å². The molecular weight excluding hydrogens is 562 g/mol. The summed E-state index contributed by atoms with van der Waals surface area (Å²) in [5, 5.41) is -5.84. The fraction of sp³-hybridized carbons (Fsp3) is 0.938. The molecule has 0 aliphatic carbocycles. The van der Waals surface area contributed by atoms with Crippen LogP contribution < -0.4 is 5.32 Å². The fourth-order valence-corrected chi connectivity index (χ4v) is 2.51. The molecule has 0 radical (unpaired) electrons. The second kappa shape index (κ2) is 9.84. The van der Waals surface area contributed by atoms with E-state index < -0.39 is 58.8 Å². The maximum absolute atomic E-state index is 13.8. The number of hydrogen-bond donors (Lipinski definition) is 1. The van der Waals surface area contributed by atoms with E-state index in [0.717, 1.165) is 12.2 Å². The Morgan fingerprint density at radius 2 is 1.00 bits per heavy atom. The van der Waals surface area contributed by atoms with Crippen LogP contribution in [0.4, 0.5) is 70.2 Å². The third kappa shape index (κ3) is 5.22. The number of rotatable bonds is 13. The van der Waals surface area contributed by atoms with Gasteiger partial charge in [0.25, 0.3) is 5.91 Å². The number of carbonyl (C=O) groups excluding carboxylic acids is 1. The summed E-state index contributed by atoms with van der Waals surface area (Å²) in [6.45, 7) is 2.50. The summed E-state index contributed by atoms with van der Waals surface area (Å²) in [5.74, 6) is -60.1. The van der Waals surface area contributed by atoms with Crippen LogP contribution in [0.2, 0.25) is 0 Å². The van der Waals surface area contributed by atoms with Gasteiger partial charge in [-0.05, 0) is 24.9 Å². The highest BCUT2D eigenvalue weighted by molar-refractivity contribution is 6.22. The zero-order chi connectivity index (χ0) is 28.7. The lowest BCUT2D eigenvalue weighted by atomic mass is 9.89. The van der Waals surface area contributed by atoms with E-state index in [0.29, 0.717) is 12.8 Å². The van der Waals surface area contributed by atoms with E-state index in [4.69, 9.17) is 0 Å². The van der Waals surface area contributed by atoms with E-state index in [1.165, 1.54) is 0 Å². The number of amides is 1. The maximum Gasteiger partial charge on any atom is 0.393 e. The smallest absolute Gasteiger partial charge is 0.348 e. The average Bonchev–Trinajstić information content (AvgIpc) is 2.66. The molecule has 0 aromatic rings. The van der Waals surface area contributed by atoms with Gasteiger partial charge in [0, 0.05) is 6.04 Å². The first-order chi connectivity index (χ1) is 15.1. The molecule has 0 saturated carbocycles. The SMILES string of the molecule is CCCCCC(C)NC(=O)C(F)(F)C(F)(F)C(F)(F)C(F)(F)C(F)(F)C(F)(F)C(F)(F)C(F)(F)Cl. The Morgan fingerprint density at radius 1 is 0.657 bits per heavy atom. The quantitative estimate of drug-likeness (QED) is 0.138. The van der Waals surface area contributed by atoms with Crippen LogP contribution in [-0.2, 0) is 4.79 Å². The number of nitrogens with one attached hydrogen (secondary N) is 1. The minimum Gasteiger partial charge on any atom is -0.348 e. The molecular formula is C16H16ClF16NO. The topological polar surface area (TPSA) is 29.1 Å². The summed E-state index contributed by atoms with van der Waals surface area (Å²) < 4.78 is 214. The van der Waals surface area contributed by atoms with Crippen LogP contribution in [0.3, 0.4) is 0 Å². The predicted octanol–water partition coefficient (Wildman–Crippen LogP) is 7.35. The number of unbranched alkanes of at least 4 members (excludes halogenated alkanes) is 2. The van der Waals surface area contributed by atoms with E-state index in [1.54, 1.807) is 6.92 Å². The fourth-order valence-electron chi connectivity index (χ4n) is 2.39. The first kappa shape index (κ1) is 33.6. The van der Waals surface area contributed by atoms with Crippen LogP contribution in [0.1, 0.15) is 39.5 Å². The van der Waals surface area contributed by atoms with Crippen molar-refractivity contribution in [1.29, 1.82) is 0 Å². The van der Waals surface area contributed by atoms with Crippen molar-refractivity contribution in [2.24, 2.45) is 0 Å². The van der Waals surface area contributed by atoms with Crippen molar-refractivity contribution in [2.75, 3.05) is 0 Å². The molecule has 1 atom stereocenters. The highest BCUT2D eigenvalue weighted by Crippen LogP contribution is 2.64. The molecule has 0 spiro atoms. The van der Waals surface area contributed by atoms with Gasteiger partial charge in [0.1, 0.15) is 0 Å². The first-order valence-electron chi connectivity index (χ1n) is 9.15. The second-order valence-corrected chi connectivity index (χ2v) is 7.86. The normalized spacial score (nSPS) is 16.3. The summed E-state index contributed by atoms with van der Waals surface area (Å²) in [6.07, 6.45) is 0.810. The van der Waals surface area contributed by atoms with E-state index in [9.17, 15) is 75.0 Å². The molecule has 0 aliphatic heterocycles. The van der Waals surface area contributed by atoms with Crippen molar-refractivity contribution < 1.29 is 75.0 Å². The lowest BCUT2D eigenvalue weighted by Crippen LogP contribution is -2.75. The monoisotopic (exact) mass is 577 g/mol. The molecule has 0 saturated heterocycles. The molecule has 1 amide bonds. The number of hydrogen-bond acceptors (Lipinski definition) is 1. The van der Waals surface area contributed by atoms with Crippen LogP contribution in [0.15, 0.2) is 0 Å². The molecule has 0 aliphatic rings. The van der Waals surface area contributed by atoms with Crippen LogP contribution >= 0.6 is 11.6 Å². The Morgan fingerprint density at radius 3 is 1.34 bits per heavy atom. The van der Waals surface area contributed by atoms with Crippen molar-refractivity contribution in [3.63, 3.8) is 0 Å². The molecule has 0 heterocycles. The van der Waals surface area contributed by atoms with Crippen molar-refractivity contribution in [3.05, 3.63) is 0 Å². The molecule has 1 unspecified atom stereocenters. The lowest BCUT2D eigenvalue weighted by Gasteiger charge is -2.42. The molecule has 2 nitrogen and oxygen atoms in total. The predicted molar refractivity (Wildman–Crippen MR) is 87.2 cm³/mol. The van der Waals surface area contributed by atoms with Crippen molar-refractivity contribution in [2.45, 2.75) is 92.4 Å². The second-order valence-electron chi connectivity index (χ2n) is 7.39. The summed E-state index contributed by atoms with van der Waals surface area (Å²) in [5.41, 5.74) is 0. The number of halogens is 17. The zero-order valence-electron chi connectivity index (χ0n) is 17.2. The van der Waals surface area contributed by atoms with Crippen LogP contribution in [0.25, 0.3) is 0 Å². The molecule has 19 heteroatoms. The van der Waals surface area contributed by atoms with Gasteiger partial charge < -0.3 is 5.32 Å². The van der Waals surface area contributed by atoms with E-state index in [-0.39, 0.29) is 12.8 Å². The van der Waals surface area contributed by atoms with Gasteiger partial charge in [0.15, 0.2) is 0 Å². The third-order valence-corrected chi connectivity index (χ3v) is 4.86. The Labute approximate surface area is 191 Å². The number of alkyl halides is 17. The van der Waals surface area contributed by atoms with Gasteiger partial charge in [-0.15, -0.1) is 0 Å². The molecule has 0 bridgehead atoms. The summed E-state index contributed by atoms with van der Waals surface area (Å²) >= 11 is 3.43. The lowest BCUT2D eigenvalue weighted by molar-refractivity contribution is -0.446. The zero-order valence-corrected chi connectivity index (χ0v) is 18.0. The Balaban J connectivity index is 6.42. The summed E-state index contributed by atoms with van der Waals surface area (Å²) in [6, 6.07) is -1.50. The van der Waals surface area contributed by atoms with Crippen LogP contribution in [-0.4, -0.2) is 58.8 Å². The van der Waals surface area contributed by atoms with Gasteiger partial charge in [-0.2, -0.15) is 70.2 Å². The van der Waals surface area contributed by atoms with E-state index in [2.05, 4.69) is 11.6 Å². The molecule has 0 rings (SSSR count). The average molecular weight is 578 g/mol. The van der Waals surface area contributed by atoms with E-state index >= 15 is 0 Å². The van der Waals surface area contributed by atoms with Gasteiger partial charge in [-0.1, -0.05) is 26.2 Å². The summed E-state index contributed by atoms with van der Waals surface area (Å²) in [7, 11) is 0. The maximum atomic E-state index is 13.8. The molecule has 0 aromatic heterocycles. The molecule has 1 N–H and O–H groups in total. The highest BCUT2D eigenvalue weighted by Gasteiger charge is 2.95. The minimum atomic E-state index is -8.59. The van der Waals surface area contributed by atoms with Gasteiger partial charge in [0.2, 0.25) is 0 Å². The van der Waals surface area contributed by atoms with Gasteiger partial charge in [-0.25, -0.2) is 0 Å². The third-order valence-electron chi connectivity index (χ3n) is 4.63. The molecule has 35 heavy (non-hydrogen) atoms. The molecule has 0 fully saturated rings. The first-order valence-corrected chi connectivity index (χ1v) is 9.53. The van der Waals surface area contributed by atoms with Crippen molar-refractivity contribution in [1.82, 2.24) is 5.32 Å². The Kier molecular flexibility index (Phi) is 9.45. The number of carbonyl (C=O) groups is 1. The van der Waals surface area contributed by atoms with Crippen molar-refractivity contribution >= 4 is 17.5 Å². The molecule has 0 aromatic carbocycles. The Hall–Kier alpha value is -1.36. The van der Waals surface area contributed by atoms with Gasteiger partial charge in [0.05, 0.1) is 0 Å². The Bertz CT molecular complexity index is 748. The standard InChI is InChI=1S/C16H16ClF16NO/c1-3-4-5-6-7(2)34-8(35)9(18,19)10(20,21)11(22,23)12(24,25)13(26,27)14(28,29)15(30,31)16(17,32)33/h7H,3-6H2,1-2H3,(H,34,35).